The number of carbonyl (C=O) groups is 1. The van der Waals surface area contributed by atoms with Crippen LogP contribution in [-0.4, -0.2) is 27.2 Å². The number of alkyl halides is 9. The fourth-order valence-electron chi connectivity index (χ4n) is 3.15. The van der Waals surface area contributed by atoms with Gasteiger partial charge in [0.05, 0.1) is 11.2 Å². The highest BCUT2D eigenvalue weighted by atomic mass is 127. The van der Waals surface area contributed by atoms with Gasteiger partial charge in [-0.15, -0.1) is 0 Å². The third-order valence-electron chi connectivity index (χ3n) is 4.88. The Morgan fingerprint density at radius 3 is 2.28 bits per heavy atom. The molecule has 2 unspecified atom stereocenters. The smallest absolute Gasteiger partial charge is 0.433 e. The Labute approximate surface area is 221 Å². The van der Waals surface area contributed by atoms with Crippen LogP contribution in [0, 0.1) is 8.78 Å². The van der Waals surface area contributed by atoms with Gasteiger partial charge in [0, 0.05) is 38.3 Å². The number of hydrogen-bond donors (Lipinski definition) is 1. The molecule has 2 aromatic carbocycles. The van der Waals surface area contributed by atoms with Crippen LogP contribution in [-0.2, 0) is 16.8 Å². The topological polar surface area (TPSA) is 79.1 Å². The number of anilines is 1. The Hall–Kier alpha value is -1.92. The first-order valence-electron chi connectivity index (χ1n) is 9.27. The number of halogens is 10. The number of carbonyl (C=O) groups excluding carboxylic acids is 1. The number of amides is 1. The zero-order valence-corrected chi connectivity index (χ0v) is 21.6. The van der Waals surface area contributed by atoms with Crippen molar-refractivity contribution in [3.63, 3.8) is 0 Å². The lowest BCUT2D eigenvalue weighted by atomic mass is 9.95. The molecule has 1 N–H and O–H groups in total. The first-order valence-corrected chi connectivity index (χ1v) is 12.4. The minimum Gasteiger partial charge on any atom is -0.618 e. The van der Waals surface area contributed by atoms with Gasteiger partial charge in [-0.2, -0.15) is 35.5 Å². The fourth-order valence-corrected chi connectivity index (χ4v) is 5.35. The number of nitrogens with one attached hydrogen (secondary N) is 1. The summed E-state index contributed by atoms with van der Waals surface area (Å²) in [6.07, 6.45) is -5.09. The molecule has 2 atom stereocenters. The van der Waals surface area contributed by atoms with Crippen LogP contribution in [0.2, 0.25) is 0 Å². The van der Waals surface area contributed by atoms with E-state index in [1.165, 1.54) is 56.7 Å². The first-order chi connectivity index (χ1) is 16.5. The molecule has 0 aliphatic carbocycles. The minimum atomic E-state index is -6.23. The molecular formula is C20H10BrF8IN2O3S. The van der Waals surface area contributed by atoms with Gasteiger partial charge in [0.2, 0.25) is 5.52 Å². The Balaban J connectivity index is 2.16. The summed E-state index contributed by atoms with van der Waals surface area (Å²) >= 11 is -0.909. The maximum absolute atomic E-state index is 14.9. The van der Waals surface area contributed by atoms with Gasteiger partial charge in [0.1, 0.15) is 5.69 Å². The normalized spacial score (nSPS) is 15.1. The largest absolute Gasteiger partial charge is 0.618 e. The number of pyridine rings is 1. The minimum absolute atomic E-state index is 0.0403. The van der Waals surface area contributed by atoms with E-state index in [1.54, 1.807) is 6.07 Å². The number of nitrogens with zero attached hydrogens (tertiary/aromatic N) is 1. The second kappa shape index (κ2) is 10.1. The molecule has 3 aromatic rings. The Morgan fingerprint density at radius 1 is 1.08 bits per heavy atom. The summed E-state index contributed by atoms with van der Waals surface area (Å²) in [5.74, 6) is -4.79. The van der Waals surface area contributed by atoms with E-state index in [4.69, 9.17) is 0 Å². The van der Waals surface area contributed by atoms with E-state index >= 15 is 0 Å². The average Bonchev–Trinajstić information content (AvgIpc) is 2.77. The van der Waals surface area contributed by atoms with Crippen molar-refractivity contribution in [1.82, 2.24) is 0 Å². The van der Waals surface area contributed by atoms with E-state index < -0.39 is 59.2 Å². The van der Waals surface area contributed by atoms with E-state index in [9.17, 15) is 49.7 Å². The van der Waals surface area contributed by atoms with Crippen LogP contribution < -0.4 is 10.0 Å². The summed E-state index contributed by atoms with van der Waals surface area (Å²) in [6.45, 7) is 0. The van der Waals surface area contributed by atoms with E-state index in [-0.39, 0.29) is 23.2 Å². The summed E-state index contributed by atoms with van der Waals surface area (Å²) in [4.78, 5) is 6.31. The van der Waals surface area contributed by atoms with Gasteiger partial charge in [-0.1, -0.05) is 0 Å². The first kappa shape index (κ1) is 28.6. The molecule has 36 heavy (non-hydrogen) atoms. The van der Waals surface area contributed by atoms with E-state index in [2.05, 4.69) is 5.32 Å². The summed E-state index contributed by atoms with van der Waals surface area (Å²) in [6, 6.07) is 6.94. The molecule has 0 aliphatic heterocycles. The highest BCUT2D eigenvalue weighted by Gasteiger charge is 2.71. The van der Waals surface area contributed by atoms with Crippen molar-refractivity contribution in [2.24, 2.45) is 0 Å². The standard InChI is InChI=1S/C20H10BrF8IN2O3S/c21-19(25,26)18(24,20(27,28)29)11-7-12(30)15(14(8-11)36(35)17(22)23)31-16(33)10-4-3-9-2-1-5-32(34)13(9)6-10/h1-8,17H,(H,31,33). The monoisotopic (exact) mass is 716 g/mol. The zero-order chi connectivity index (χ0) is 27.2. The van der Waals surface area contributed by atoms with Gasteiger partial charge in [0.15, 0.2) is 11.1 Å². The molecule has 0 radical (unpaired) electrons. The van der Waals surface area contributed by atoms with Gasteiger partial charge in [0.25, 0.3) is 5.91 Å². The third-order valence-corrected chi connectivity index (χ3v) is 7.35. The lowest BCUT2D eigenvalue weighted by Crippen LogP contribution is -2.49. The number of rotatable bonds is 6. The van der Waals surface area contributed by atoms with Crippen molar-refractivity contribution in [3.05, 3.63) is 68.6 Å². The van der Waals surface area contributed by atoms with Gasteiger partial charge < -0.3 is 15.1 Å². The van der Waals surface area contributed by atoms with Gasteiger partial charge in [-0.3, -0.25) is 4.79 Å². The molecular weight excluding hydrogens is 707 g/mol. The predicted octanol–water partition coefficient (Wildman–Crippen LogP) is 6.38. The molecule has 0 fully saturated rings. The maximum atomic E-state index is 14.9. The summed E-state index contributed by atoms with van der Waals surface area (Å²) in [5.41, 5.74) is -8.09. The molecule has 1 aromatic heterocycles. The maximum Gasteiger partial charge on any atom is 0.433 e. The second-order valence-corrected chi connectivity index (χ2v) is 10.7. The van der Waals surface area contributed by atoms with Gasteiger partial charge >= 0.3 is 22.4 Å². The molecule has 0 spiro atoms. The zero-order valence-electron chi connectivity index (χ0n) is 17.1. The quantitative estimate of drug-likeness (QED) is 0.0804. The number of hydrogen-bond acceptors (Lipinski definition) is 3. The van der Waals surface area contributed by atoms with Crippen molar-refractivity contribution in [3.8, 4) is 0 Å². The molecule has 0 bridgehead atoms. The summed E-state index contributed by atoms with van der Waals surface area (Å²) in [5, 5.41) is 14.5. The molecule has 0 saturated carbocycles. The molecule has 5 nitrogen and oxygen atoms in total. The summed E-state index contributed by atoms with van der Waals surface area (Å²) < 4.78 is 121. The molecule has 16 heteroatoms. The molecule has 1 amide bonds. The van der Waals surface area contributed by atoms with Crippen LogP contribution >= 0.6 is 38.5 Å². The van der Waals surface area contributed by atoms with E-state index in [1.807, 2.05) is 0 Å². The highest BCUT2D eigenvalue weighted by molar-refractivity contribution is 14.1. The predicted molar refractivity (Wildman–Crippen MR) is 125 cm³/mol. The average molecular weight is 717 g/mol. The Kier molecular flexibility index (Phi) is 8.03. The Bertz CT molecular complexity index is 1310. The van der Waals surface area contributed by atoms with Crippen LogP contribution in [0.5, 0.6) is 0 Å². The molecule has 194 valence electrons. The number of aromatic nitrogens is 1. The van der Waals surface area contributed by atoms with Crippen LogP contribution in [0.25, 0.3) is 10.9 Å². The van der Waals surface area contributed by atoms with Crippen LogP contribution in [0.3, 0.4) is 0 Å². The van der Waals surface area contributed by atoms with Crippen LogP contribution in [0.15, 0.2) is 53.6 Å². The van der Waals surface area contributed by atoms with Crippen molar-refractivity contribution in [2.75, 3.05) is 5.32 Å². The molecule has 1 heterocycles. The fraction of sp³-hybridized carbons (Fsp3) is 0.200. The van der Waals surface area contributed by atoms with Crippen molar-refractivity contribution in [1.29, 1.82) is 0 Å². The number of fused-ring (bicyclic) bond motifs is 1. The van der Waals surface area contributed by atoms with E-state index in [0.717, 1.165) is 12.3 Å². The lowest BCUT2D eigenvalue weighted by molar-refractivity contribution is -0.577. The van der Waals surface area contributed by atoms with Crippen molar-refractivity contribution >= 4 is 72.2 Å². The van der Waals surface area contributed by atoms with Gasteiger partial charge in [-0.25, -0.2) is 4.39 Å². The SMILES string of the molecule is O=C(Nc1c(I)cc(C(F)(C(F)(F)F)C(F)(F)Br)cc1[S+]([O-])C(F)F)c1ccc2ccc[n+]([O-])c2c1. The molecule has 0 saturated heterocycles. The van der Waals surface area contributed by atoms with Crippen molar-refractivity contribution in [2.45, 2.75) is 27.3 Å². The van der Waals surface area contributed by atoms with Crippen LogP contribution in [0.1, 0.15) is 15.9 Å². The van der Waals surface area contributed by atoms with Crippen LogP contribution in [0.4, 0.5) is 40.8 Å². The summed E-state index contributed by atoms with van der Waals surface area (Å²) in [7, 11) is 0. The molecule has 0 aliphatic rings. The number of benzene rings is 2. The second-order valence-electron chi connectivity index (χ2n) is 7.10. The van der Waals surface area contributed by atoms with Crippen molar-refractivity contribution < 1.29 is 49.2 Å². The Morgan fingerprint density at radius 2 is 1.72 bits per heavy atom. The van der Waals surface area contributed by atoms with E-state index in [0.29, 0.717) is 10.1 Å². The van der Waals surface area contributed by atoms with Gasteiger partial charge in [-0.05, 0) is 62.8 Å². The third kappa shape index (κ3) is 5.22. The highest BCUT2D eigenvalue weighted by Crippen LogP contribution is 2.56. The molecule has 3 rings (SSSR count). The lowest BCUT2D eigenvalue weighted by Gasteiger charge is -2.32.